The molecule has 30 heavy (non-hydrogen) atoms. The van der Waals surface area contributed by atoms with Crippen LogP contribution in [0.5, 0.6) is 11.5 Å². The molecule has 162 valence electrons. The second-order valence-electron chi connectivity index (χ2n) is 7.43. The quantitative estimate of drug-likeness (QED) is 0.682. The van der Waals surface area contributed by atoms with Crippen LogP contribution in [-0.2, 0) is 19.1 Å². The van der Waals surface area contributed by atoms with Gasteiger partial charge in [0.2, 0.25) is 5.91 Å². The summed E-state index contributed by atoms with van der Waals surface area (Å²) in [5, 5.41) is 4.62. The number of hydrogen-bond acceptors (Lipinski definition) is 7. The van der Waals surface area contributed by atoms with E-state index in [1.807, 2.05) is 0 Å². The summed E-state index contributed by atoms with van der Waals surface area (Å²) >= 11 is 0. The molecule has 0 spiro atoms. The number of anilines is 1. The first-order chi connectivity index (χ1) is 14.2. The van der Waals surface area contributed by atoms with Crippen molar-refractivity contribution in [2.75, 3.05) is 24.7 Å². The number of amides is 4. The lowest BCUT2D eigenvalue weighted by Gasteiger charge is -2.22. The SMILES string of the molecule is CC(C)NC(=O)NC(=O)[C@H](C)OC(=O)[C@@H]1CC(=O)N(c2ccc3c(c2)OCCO3)C1. The Labute approximate surface area is 173 Å². The summed E-state index contributed by atoms with van der Waals surface area (Å²) in [7, 11) is 0. The van der Waals surface area contributed by atoms with E-state index in [0.717, 1.165) is 0 Å². The van der Waals surface area contributed by atoms with Crippen molar-refractivity contribution in [3.05, 3.63) is 18.2 Å². The third kappa shape index (κ3) is 5.00. The maximum absolute atomic E-state index is 12.5. The molecule has 1 saturated heterocycles. The Hall–Kier alpha value is -3.30. The van der Waals surface area contributed by atoms with Gasteiger partial charge in [-0.2, -0.15) is 0 Å². The average molecular weight is 419 g/mol. The molecule has 4 amide bonds. The van der Waals surface area contributed by atoms with Crippen LogP contribution in [0.3, 0.4) is 0 Å². The summed E-state index contributed by atoms with van der Waals surface area (Å²) in [4.78, 5) is 50.0. The third-order valence-corrected chi connectivity index (χ3v) is 4.61. The standard InChI is InChI=1S/C20H25N3O7/c1-11(2)21-20(27)22-18(25)12(3)30-19(26)13-8-17(24)23(10-13)14-4-5-15-16(9-14)29-7-6-28-15/h4-5,9,11-13H,6-8,10H2,1-3H3,(H2,21,22,25,27)/t12-,13+/m0/s1. The van der Waals surface area contributed by atoms with Crippen molar-refractivity contribution >= 4 is 29.5 Å². The van der Waals surface area contributed by atoms with Crippen LogP contribution in [-0.4, -0.2) is 55.7 Å². The van der Waals surface area contributed by atoms with E-state index in [9.17, 15) is 19.2 Å². The molecule has 0 saturated carbocycles. The van der Waals surface area contributed by atoms with Gasteiger partial charge in [0.25, 0.3) is 5.91 Å². The topological polar surface area (TPSA) is 123 Å². The zero-order chi connectivity index (χ0) is 21.8. The molecule has 2 aliphatic heterocycles. The zero-order valence-corrected chi connectivity index (χ0v) is 17.1. The molecule has 1 aromatic carbocycles. The lowest BCUT2D eigenvalue weighted by molar-refractivity contribution is -0.158. The zero-order valence-electron chi connectivity index (χ0n) is 17.1. The van der Waals surface area contributed by atoms with Crippen LogP contribution in [0.15, 0.2) is 18.2 Å². The summed E-state index contributed by atoms with van der Waals surface area (Å²) in [5.41, 5.74) is 0.593. The molecule has 0 aliphatic carbocycles. The average Bonchev–Trinajstić information content (AvgIpc) is 3.08. The van der Waals surface area contributed by atoms with E-state index in [1.54, 1.807) is 32.0 Å². The number of nitrogens with one attached hydrogen (secondary N) is 2. The molecule has 1 fully saturated rings. The van der Waals surface area contributed by atoms with Crippen molar-refractivity contribution in [2.24, 2.45) is 5.92 Å². The van der Waals surface area contributed by atoms with Crippen molar-refractivity contribution in [3.63, 3.8) is 0 Å². The van der Waals surface area contributed by atoms with E-state index in [2.05, 4.69) is 10.6 Å². The Morgan fingerprint density at radius 1 is 1.13 bits per heavy atom. The molecule has 2 N–H and O–H groups in total. The number of fused-ring (bicyclic) bond motifs is 1. The molecule has 2 atom stereocenters. The minimum Gasteiger partial charge on any atom is -0.486 e. The number of ether oxygens (including phenoxy) is 3. The van der Waals surface area contributed by atoms with Gasteiger partial charge in [0.15, 0.2) is 17.6 Å². The van der Waals surface area contributed by atoms with E-state index in [0.29, 0.717) is 30.4 Å². The minimum atomic E-state index is -1.17. The second kappa shape index (κ2) is 9.02. The molecular formula is C20H25N3O7. The lowest BCUT2D eigenvalue weighted by atomic mass is 10.1. The van der Waals surface area contributed by atoms with E-state index in [4.69, 9.17) is 14.2 Å². The largest absolute Gasteiger partial charge is 0.486 e. The number of imide groups is 1. The summed E-state index contributed by atoms with van der Waals surface area (Å²) in [6.45, 7) is 5.88. The summed E-state index contributed by atoms with van der Waals surface area (Å²) in [6, 6.07) is 4.33. The molecule has 2 heterocycles. The van der Waals surface area contributed by atoms with Crippen LogP contribution in [0.2, 0.25) is 0 Å². The van der Waals surface area contributed by atoms with Gasteiger partial charge in [-0.05, 0) is 32.9 Å². The smallest absolute Gasteiger partial charge is 0.321 e. The minimum absolute atomic E-state index is 0.0323. The number of urea groups is 1. The molecule has 3 rings (SSSR count). The highest BCUT2D eigenvalue weighted by atomic mass is 16.6. The molecule has 0 aromatic heterocycles. The molecule has 10 heteroatoms. The first-order valence-corrected chi connectivity index (χ1v) is 9.76. The van der Waals surface area contributed by atoms with E-state index in [1.165, 1.54) is 11.8 Å². The third-order valence-electron chi connectivity index (χ3n) is 4.61. The molecule has 0 bridgehead atoms. The Kier molecular flexibility index (Phi) is 6.43. The van der Waals surface area contributed by atoms with Crippen molar-refractivity contribution in [1.82, 2.24) is 10.6 Å². The Bertz CT molecular complexity index is 855. The van der Waals surface area contributed by atoms with Crippen LogP contribution >= 0.6 is 0 Å². The molecule has 2 aliphatic rings. The van der Waals surface area contributed by atoms with Gasteiger partial charge >= 0.3 is 12.0 Å². The van der Waals surface area contributed by atoms with E-state index >= 15 is 0 Å². The van der Waals surface area contributed by atoms with Gasteiger partial charge in [0.05, 0.1) is 5.92 Å². The maximum atomic E-state index is 12.5. The number of nitrogens with zero attached hydrogens (tertiary/aromatic N) is 1. The predicted molar refractivity (Wildman–Crippen MR) is 105 cm³/mol. The number of hydrogen-bond donors (Lipinski definition) is 2. The van der Waals surface area contributed by atoms with Crippen LogP contribution in [0.25, 0.3) is 0 Å². The Morgan fingerprint density at radius 2 is 1.83 bits per heavy atom. The summed E-state index contributed by atoms with van der Waals surface area (Å²) in [6.07, 6.45) is -1.20. The van der Waals surface area contributed by atoms with Gasteiger partial charge in [-0.1, -0.05) is 0 Å². The monoisotopic (exact) mass is 419 g/mol. The number of esters is 1. The van der Waals surface area contributed by atoms with Crippen molar-refractivity contribution in [1.29, 1.82) is 0 Å². The molecule has 0 radical (unpaired) electrons. The normalized spacial score (nSPS) is 18.7. The second-order valence-corrected chi connectivity index (χ2v) is 7.43. The summed E-state index contributed by atoms with van der Waals surface area (Å²) in [5.74, 6) is -1.21. The highest BCUT2D eigenvalue weighted by molar-refractivity contribution is 6.00. The fourth-order valence-corrected chi connectivity index (χ4v) is 3.15. The lowest BCUT2D eigenvalue weighted by Crippen LogP contribution is -2.47. The van der Waals surface area contributed by atoms with Gasteiger partial charge in [-0.3, -0.25) is 19.7 Å². The Balaban J connectivity index is 1.57. The number of carbonyl (C=O) groups is 4. The fraction of sp³-hybridized carbons (Fsp3) is 0.500. The van der Waals surface area contributed by atoms with Gasteiger partial charge in [0, 0.05) is 30.8 Å². The van der Waals surface area contributed by atoms with Crippen molar-refractivity contribution in [2.45, 2.75) is 39.3 Å². The van der Waals surface area contributed by atoms with Crippen LogP contribution < -0.4 is 25.0 Å². The Morgan fingerprint density at radius 3 is 2.53 bits per heavy atom. The van der Waals surface area contributed by atoms with E-state index < -0.39 is 29.9 Å². The van der Waals surface area contributed by atoms with Crippen LogP contribution in [0.4, 0.5) is 10.5 Å². The van der Waals surface area contributed by atoms with Gasteiger partial charge in [0.1, 0.15) is 13.2 Å². The molecule has 0 unspecified atom stereocenters. The number of benzene rings is 1. The highest BCUT2D eigenvalue weighted by Crippen LogP contribution is 2.36. The maximum Gasteiger partial charge on any atom is 0.321 e. The molecular weight excluding hydrogens is 394 g/mol. The van der Waals surface area contributed by atoms with Gasteiger partial charge in [-0.15, -0.1) is 0 Å². The van der Waals surface area contributed by atoms with Crippen LogP contribution in [0.1, 0.15) is 27.2 Å². The highest BCUT2D eigenvalue weighted by Gasteiger charge is 2.37. The first kappa shape index (κ1) is 21.4. The fourth-order valence-electron chi connectivity index (χ4n) is 3.15. The van der Waals surface area contributed by atoms with Gasteiger partial charge in [-0.25, -0.2) is 4.79 Å². The summed E-state index contributed by atoms with van der Waals surface area (Å²) < 4.78 is 16.2. The first-order valence-electron chi connectivity index (χ1n) is 9.76. The van der Waals surface area contributed by atoms with Crippen LogP contribution in [0, 0.1) is 5.92 Å². The predicted octanol–water partition coefficient (Wildman–Crippen LogP) is 0.977. The van der Waals surface area contributed by atoms with Crippen molar-refractivity contribution in [3.8, 4) is 11.5 Å². The van der Waals surface area contributed by atoms with Crippen molar-refractivity contribution < 1.29 is 33.4 Å². The molecule has 10 nitrogen and oxygen atoms in total. The van der Waals surface area contributed by atoms with E-state index in [-0.39, 0.29) is 24.9 Å². The number of carbonyl (C=O) groups excluding carboxylic acids is 4. The molecule has 1 aromatic rings. The number of rotatable bonds is 5. The van der Waals surface area contributed by atoms with Gasteiger partial charge < -0.3 is 24.4 Å².